The van der Waals surface area contributed by atoms with E-state index in [1.807, 2.05) is 13.8 Å². The van der Waals surface area contributed by atoms with Gasteiger partial charge in [-0.2, -0.15) is 13.2 Å². The van der Waals surface area contributed by atoms with Crippen LogP contribution in [0.25, 0.3) is 21.9 Å². The van der Waals surface area contributed by atoms with Gasteiger partial charge in [0.25, 0.3) is 0 Å². The highest BCUT2D eigenvalue weighted by Gasteiger charge is 2.38. The van der Waals surface area contributed by atoms with Crippen LogP contribution in [0.1, 0.15) is 17.1 Å². The Kier molecular flexibility index (Phi) is 4.61. The molecule has 4 nitrogen and oxygen atoms in total. The third-order valence-corrected chi connectivity index (χ3v) is 5.30. The molecule has 0 fully saturated rings. The Morgan fingerprint density at radius 2 is 1.69 bits per heavy atom. The summed E-state index contributed by atoms with van der Waals surface area (Å²) in [6.07, 6.45) is -5.74. The Hall–Kier alpha value is -2.87. The number of rotatable bonds is 4. The molecule has 0 aliphatic heterocycles. The van der Waals surface area contributed by atoms with Crippen molar-refractivity contribution in [2.45, 2.75) is 39.2 Å². The van der Waals surface area contributed by atoms with E-state index in [1.165, 1.54) is 18.2 Å². The third-order valence-electron chi connectivity index (χ3n) is 5.30. The first-order valence-corrected chi connectivity index (χ1v) is 9.12. The highest BCUT2D eigenvalue weighted by atomic mass is 19.4. The molecule has 0 radical (unpaired) electrons. The zero-order chi connectivity index (χ0) is 20.9. The van der Waals surface area contributed by atoms with Crippen molar-refractivity contribution < 1.29 is 22.7 Å². The molecule has 29 heavy (non-hydrogen) atoms. The fourth-order valence-corrected chi connectivity index (χ4v) is 3.81. The van der Waals surface area contributed by atoms with Crippen LogP contribution in [-0.4, -0.2) is 25.3 Å². The standard InChI is InChI=1S/C21H19F4N3O/c1-12-13(2)27(18-8-7-14(22)9-16(12)18)10-15(29)11-28-19-6-4-3-5-17(19)26-20(28)21(23,24)25/h3-9,15,29H,10-11H2,1-2H3. The minimum Gasteiger partial charge on any atom is -0.389 e. The van der Waals surface area contributed by atoms with Crippen molar-refractivity contribution in [2.24, 2.45) is 0 Å². The SMILES string of the molecule is Cc1c(C)n(CC(O)Cn2c(C(F)(F)F)nc3ccccc32)c2ccc(F)cc12. The van der Waals surface area contributed by atoms with Gasteiger partial charge in [0.05, 0.1) is 30.2 Å². The van der Waals surface area contributed by atoms with Crippen LogP contribution in [0.2, 0.25) is 0 Å². The van der Waals surface area contributed by atoms with Crippen molar-refractivity contribution in [1.82, 2.24) is 14.1 Å². The van der Waals surface area contributed by atoms with Crippen LogP contribution in [0, 0.1) is 19.7 Å². The molecule has 0 aliphatic carbocycles. The van der Waals surface area contributed by atoms with E-state index < -0.39 is 18.1 Å². The molecule has 1 unspecified atom stereocenters. The molecular formula is C21H19F4N3O. The van der Waals surface area contributed by atoms with Gasteiger partial charge in [-0.1, -0.05) is 12.1 Å². The molecule has 0 spiro atoms. The van der Waals surface area contributed by atoms with Crippen molar-refractivity contribution in [3.8, 4) is 0 Å². The van der Waals surface area contributed by atoms with E-state index in [4.69, 9.17) is 0 Å². The second kappa shape index (κ2) is 6.88. The van der Waals surface area contributed by atoms with Crippen LogP contribution in [0.15, 0.2) is 42.5 Å². The van der Waals surface area contributed by atoms with E-state index in [0.29, 0.717) is 5.52 Å². The quantitative estimate of drug-likeness (QED) is 0.495. The molecular weight excluding hydrogens is 386 g/mol. The second-order valence-electron chi connectivity index (χ2n) is 7.17. The number of fused-ring (bicyclic) bond motifs is 2. The van der Waals surface area contributed by atoms with Gasteiger partial charge in [0.15, 0.2) is 0 Å². The van der Waals surface area contributed by atoms with Crippen molar-refractivity contribution in [2.75, 3.05) is 0 Å². The van der Waals surface area contributed by atoms with Crippen LogP contribution >= 0.6 is 0 Å². The van der Waals surface area contributed by atoms with Crippen molar-refractivity contribution >= 4 is 21.9 Å². The van der Waals surface area contributed by atoms with Crippen molar-refractivity contribution in [1.29, 1.82) is 0 Å². The smallest absolute Gasteiger partial charge is 0.389 e. The monoisotopic (exact) mass is 405 g/mol. The number of benzene rings is 2. The Morgan fingerprint density at radius 1 is 1.00 bits per heavy atom. The molecule has 2 aromatic heterocycles. The maximum Gasteiger partial charge on any atom is 0.449 e. The number of hydrogen-bond acceptors (Lipinski definition) is 2. The Morgan fingerprint density at radius 3 is 2.41 bits per heavy atom. The molecule has 0 saturated carbocycles. The lowest BCUT2D eigenvalue weighted by Gasteiger charge is -2.18. The number of nitrogens with zero attached hydrogens (tertiary/aromatic N) is 3. The summed E-state index contributed by atoms with van der Waals surface area (Å²) < 4.78 is 56.8. The Bertz CT molecular complexity index is 1210. The molecule has 0 saturated heterocycles. The summed E-state index contributed by atoms with van der Waals surface area (Å²) >= 11 is 0. The maximum absolute atomic E-state index is 13.6. The van der Waals surface area contributed by atoms with E-state index in [0.717, 1.165) is 26.7 Å². The van der Waals surface area contributed by atoms with E-state index >= 15 is 0 Å². The van der Waals surface area contributed by atoms with E-state index in [-0.39, 0.29) is 24.4 Å². The molecule has 0 bridgehead atoms. The van der Waals surface area contributed by atoms with E-state index in [9.17, 15) is 22.7 Å². The third kappa shape index (κ3) is 3.37. The summed E-state index contributed by atoms with van der Waals surface area (Å²) in [7, 11) is 0. The van der Waals surface area contributed by atoms with E-state index in [2.05, 4.69) is 4.98 Å². The van der Waals surface area contributed by atoms with Gasteiger partial charge < -0.3 is 14.2 Å². The number of imidazole rings is 1. The van der Waals surface area contributed by atoms with Crippen molar-refractivity contribution in [3.63, 3.8) is 0 Å². The summed E-state index contributed by atoms with van der Waals surface area (Å²) in [5, 5.41) is 11.4. The first-order chi connectivity index (χ1) is 13.7. The first-order valence-electron chi connectivity index (χ1n) is 9.12. The predicted octanol–water partition coefficient (Wildman–Crippen LogP) is 4.83. The largest absolute Gasteiger partial charge is 0.449 e. The first kappa shape index (κ1) is 19.4. The molecule has 2 aromatic carbocycles. The van der Waals surface area contributed by atoms with Crippen LogP contribution in [0.5, 0.6) is 0 Å². The zero-order valence-corrected chi connectivity index (χ0v) is 15.8. The Balaban J connectivity index is 1.71. The van der Waals surface area contributed by atoms with E-state index in [1.54, 1.807) is 28.8 Å². The lowest BCUT2D eigenvalue weighted by molar-refractivity contribution is -0.147. The number of aryl methyl sites for hydroxylation is 1. The maximum atomic E-state index is 13.6. The number of para-hydroxylation sites is 2. The zero-order valence-electron chi connectivity index (χ0n) is 15.8. The van der Waals surface area contributed by atoms with Gasteiger partial charge in [0.2, 0.25) is 5.82 Å². The minimum absolute atomic E-state index is 0.0750. The van der Waals surface area contributed by atoms with Gasteiger partial charge in [0, 0.05) is 16.6 Å². The number of halogens is 4. The summed E-state index contributed by atoms with van der Waals surface area (Å²) in [5.41, 5.74) is 2.96. The molecule has 152 valence electrons. The predicted molar refractivity (Wildman–Crippen MR) is 102 cm³/mol. The number of aliphatic hydroxyl groups excluding tert-OH is 1. The number of aromatic nitrogens is 3. The summed E-state index contributed by atoms with van der Waals surface area (Å²) in [5.74, 6) is -1.40. The average Bonchev–Trinajstić information content (AvgIpc) is 3.13. The summed E-state index contributed by atoms with van der Waals surface area (Å²) in [6, 6.07) is 10.7. The minimum atomic E-state index is -4.64. The fraction of sp³-hybridized carbons (Fsp3) is 0.286. The van der Waals surface area contributed by atoms with Crippen LogP contribution in [-0.2, 0) is 19.3 Å². The van der Waals surface area contributed by atoms with Crippen LogP contribution in [0.4, 0.5) is 17.6 Å². The average molecular weight is 405 g/mol. The lowest BCUT2D eigenvalue weighted by atomic mass is 10.1. The summed E-state index contributed by atoms with van der Waals surface area (Å²) in [6.45, 7) is 3.50. The molecule has 4 aromatic rings. The molecule has 2 heterocycles. The number of alkyl halides is 3. The van der Waals surface area contributed by atoms with Gasteiger partial charge in [-0.05, 0) is 49.7 Å². The highest BCUT2D eigenvalue weighted by Crippen LogP contribution is 2.32. The highest BCUT2D eigenvalue weighted by molar-refractivity contribution is 5.85. The van der Waals surface area contributed by atoms with Gasteiger partial charge in [0.1, 0.15) is 5.82 Å². The molecule has 0 aliphatic rings. The van der Waals surface area contributed by atoms with Crippen molar-refractivity contribution in [3.05, 3.63) is 65.4 Å². The number of hydrogen-bond donors (Lipinski definition) is 1. The number of aliphatic hydroxyl groups is 1. The van der Waals surface area contributed by atoms with Crippen LogP contribution in [0.3, 0.4) is 0 Å². The normalized spacial score (nSPS) is 13.5. The molecule has 1 N–H and O–H groups in total. The molecule has 8 heteroatoms. The molecule has 4 rings (SSSR count). The fourth-order valence-electron chi connectivity index (χ4n) is 3.81. The van der Waals surface area contributed by atoms with Gasteiger partial charge >= 0.3 is 6.18 Å². The summed E-state index contributed by atoms with van der Waals surface area (Å²) in [4.78, 5) is 3.70. The van der Waals surface area contributed by atoms with Gasteiger partial charge in [-0.25, -0.2) is 9.37 Å². The lowest BCUT2D eigenvalue weighted by Crippen LogP contribution is -2.26. The van der Waals surface area contributed by atoms with Crippen LogP contribution < -0.4 is 0 Å². The second-order valence-corrected chi connectivity index (χ2v) is 7.17. The molecule has 1 atom stereocenters. The topological polar surface area (TPSA) is 43.0 Å². The Labute approximate surface area is 164 Å². The van der Waals surface area contributed by atoms with Gasteiger partial charge in [-0.15, -0.1) is 0 Å². The molecule has 0 amide bonds. The van der Waals surface area contributed by atoms with Gasteiger partial charge in [-0.3, -0.25) is 0 Å².